The lowest BCUT2D eigenvalue weighted by Crippen LogP contribution is -2.22. The average Bonchev–Trinajstić information content (AvgIpc) is 2.70. The second kappa shape index (κ2) is 6.32. The Morgan fingerprint density at radius 1 is 0.433 bits per heavy atom. The van der Waals surface area contributed by atoms with E-state index in [0.29, 0.717) is 0 Å². The molecule has 0 aromatic heterocycles. The Kier molecular flexibility index (Phi) is 4.03. The predicted molar refractivity (Wildman–Crippen MR) is 134 cm³/mol. The van der Waals surface area contributed by atoms with Crippen molar-refractivity contribution in [2.75, 3.05) is 0 Å². The van der Waals surface area contributed by atoms with Gasteiger partial charge in [0, 0.05) is 0 Å². The van der Waals surface area contributed by atoms with Crippen molar-refractivity contribution >= 4 is 43.1 Å². The van der Waals surface area contributed by atoms with Gasteiger partial charge in [0.05, 0.1) is 0 Å². The fourth-order valence-electron chi connectivity index (χ4n) is 5.08. The normalized spacial score (nSPS) is 13.0. The smallest absolute Gasteiger partial charge is 0.00989 e. The maximum absolute atomic E-state index is 2.39. The van der Waals surface area contributed by atoms with Crippen LogP contribution in [0.15, 0.2) is 72.8 Å². The van der Waals surface area contributed by atoms with E-state index < -0.39 is 0 Å². The first-order chi connectivity index (χ1) is 14.1. The Bertz CT molecular complexity index is 1440. The molecule has 5 rings (SSSR count). The van der Waals surface area contributed by atoms with E-state index in [0.717, 1.165) is 0 Å². The molecule has 150 valence electrons. The Balaban J connectivity index is 1.92. The van der Waals surface area contributed by atoms with Gasteiger partial charge < -0.3 is 0 Å². The molecule has 5 aromatic rings. The average molecular weight is 391 g/mol. The van der Waals surface area contributed by atoms with Gasteiger partial charge in [-0.3, -0.25) is 0 Å². The van der Waals surface area contributed by atoms with Gasteiger partial charge in [-0.05, 0) is 77.2 Å². The molecule has 0 heteroatoms. The third-order valence-corrected chi connectivity index (χ3v) is 6.44. The first-order valence-corrected chi connectivity index (χ1v) is 11.0. The molecule has 0 saturated carbocycles. The van der Waals surface area contributed by atoms with Crippen LogP contribution >= 0.6 is 0 Å². The summed E-state index contributed by atoms with van der Waals surface area (Å²) in [5.74, 6) is 0. The summed E-state index contributed by atoms with van der Waals surface area (Å²) in [4.78, 5) is 0. The lowest BCUT2D eigenvalue weighted by molar-refractivity contribution is 0.535. The van der Waals surface area contributed by atoms with Gasteiger partial charge in [0.1, 0.15) is 0 Å². The van der Waals surface area contributed by atoms with Crippen molar-refractivity contribution in [3.63, 3.8) is 0 Å². The number of benzene rings is 5. The first kappa shape index (κ1) is 19.1. The van der Waals surface area contributed by atoms with Crippen LogP contribution in [0.2, 0.25) is 0 Å². The van der Waals surface area contributed by atoms with E-state index in [2.05, 4.69) is 114 Å². The van der Waals surface area contributed by atoms with Gasteiger partial charge in [0.15, 0.2) is 0 Å². The van der Waals surface area contributed by atoms with Crippen molar-refractivity contribution in [1.29, 1.82) is 0 Å². The van der Waals surface area contributed by atoms with E-state index in [1.165, 1.54) is 54.2 Å². The van der Waals surface area contributed by atoms with E-state index in [-0.39, 0.29) is 10.8 Å². The Morgan fingerprint density at radius 2 is 1.00 bits per heavy atom. The molecule has 0 bridgehead atoms. The highest BCUT2D eigenvalue weighted by Gasteiger charge is 2.27. The fraction of sp³-hybridized carbons (Fsp3) is 0.267. The van der Waals surface area contributed by atoms with E-state index >= 15 is 0 Å². The molecule has 5 aromatic carbocycles. The van der Waals surface area contributed by atoms with Crippen LogP contribution in [-0.4, -0.2) is 0 Å². The van der Waals surface area contributed by atoms with Crippen molar-refractivity contribution in [3.8, 4) is 0 Å². The molecular formula is C30H30. The molecule has 0 heterocycles. The highest BCUT2D eigenvalue weighted by molar-refractivity contribution is 6.17. The molecule has 0 radical (unpaired) electrons. The molecule has 0 aliphatic heterocycles. The Labute approximate surface area is 179 Å². The van der Waals surface area contributed by atoms with Crippen molar-refractivity contribution in [3.05, 3.63) is 83.9 Å². The van der Waals surface area contributed by atoms with Crippen LogP contribution in [0.5, 0.6) is 0 Å². The van der Waals surface area contributed by atoms with Crippen LogP contribution in [0, 0.1) is 0 Å². The molecule has 0 nitrogen and oxygen atoms in total. The summed E-state index contributed by atoms with van der Waals surface area (Å²) in [6.45, 7) is 14.0. The number of hydrogen-bond donors (Lipinski definition) is 0. The largest absolute Gasteiger partial charge is 0.0616 e. The topological polar surface area (TPSA) is 0 Å². The molecule has 0 aliphatic carbocycles. The minimum absolute atomic E-state index is 0.0862. The van der Waals surface area contributed by atoms with Crippen molar-refractivity contribution in [2.45, 2.75) is 52.4 Å². The highest BCUT2D eigenvalue weighted by atomic mass is 14.3. The molecule has 0 fully saturated rings. The number of rotatable bonds is 0. The fourth-order valence-corrected chi connectivity index (χ4v) is 5.08. The summed E-state index contributed by atoms with van der Waals surface area (Å²) in [6, 6.07) is 27.3. The van der Waals surface area contributed by atoms with Gasteiger partial charge in [-0.2, -0.15) is 0 Å². The number of fused-ring (bicyclic) bond motifs is 6. The molecule has 0 unspecified atom stereocenters. The van der Waals surface area contributed by atoms with E-state index in [1.54, 1.807) is 0 Å². The number of hydrogen-bond acceptors (Lipinski definition) is 0. The zero-order valence-corrected chi connectivity index (χ0v) is 18.9. The quantitative estimate of drug-likeness (QED) is 0.183. The second-order valence-electron chi connectivity index (χ2n) is 10.7. The minimum Gasteiger partial charge on any atom is -0.0616 e. The Morgan fingerprint density at radius 3 is 1.67 bits per heavy atom. The summed E-state index contributed by atoms with van der Waals surface area (Å²) >= 11 is 0. The van der Waals surface area contributed by atoms with Gasteiger partial charge in [0.25, 0.3) is 0 Å². The monoisotopic (exact) mass is 390 g/mol. The third-order valence-electron chi connectivity index (χ3n) is 6.44. The maximum atomic E-state index is 2.39. The van der Waals surface area contributed by atoms with Gasteiger partial charge in [-0.1, -0.05) is 102 Å². The molecule has 0 atom stereocenters. The molecule has 0 aliphatic rings. The van der Waals surface area contributed by atoms with E-state index in [1.807, 2.05) is 0 Å². The summed E-state index contributed by atoms with van der Waals surface area (Å²) in [5, 5.41) is 10.7. The van der Waals surface area contributed by atoms with Crippen molar-refractivity contribution < 1.29 is 0 Å². The predicted octanol–water partition coefficient (Wildman–Crippen LogP) is 8.89. The van der Waals surface area contributed by atoms with Gasteiger partial charge >= 0.3 is 0 Å². The van der Waals surface area contributed by atoms with E-state index in [4.69, 9.17) is 0 Å². The van der Waals surface area contributed by atoms with E-state index in [9.17, 15) is 0 Å². The van der Waals surface area contributed by atoms with Crippen LogP contribution in [-0.2, 0) is 10.8 Å². The molecular weight excluding hydrogens is 360 g/mol. The first-order valence-electron chi connectivity index (χ1n) is 11.0. The Hall–Kier alpha value is -2.86. The lowest BCUT2D eigenvalue weighted by atomic mass is 9.73. The zero-order valence-electron chi connectivity index (χ0n) is 18.9. The van der Waals surface area contributed by atoms with Crippen LogP contribution in [0.4, 0.5) is 0 Å². The standard InChI is InChI=1S/C30H30/c1-29(2,3)27-16-15-23-24(28(27)30(4,5)6)14-13-21-17-25-20(18-26(21)23)12-11-19-9-7-8-10-22(19)25/h7-18H,1-6H3. The van der Waals surface area contributed by atoms with Crippen LogP contribution < -0.4 is 0 Å². The molecule has 0 amide bonds. The summed E-state index contributed by atoms with van der Waals surface area (Å²) < 4.78 is 0. The molecule has 30 heavy (non-hydrogen) atoms. The molecule has 0 spiro atoms. The summed E-state index contributed by atoms with van der Waals surface area (Å²) in [7, 11) is 0. The van der Waals surface area contributed by atoms with Gasteiger partial charge in [-0.25, -0.2) is 0 Å². The zero-order chi connectivity index (χ0) is 21.3. The molecule has 0 saturated heterocycles. The van der Waals surface area contributed by atoms with Gasteiger partial charge in [-0.15, -0.1) is 0 Å². The summed E-state index contributed by atoms with van der Waals surface area (Å²) in [6.07, 6.45) is 0. The van der Waals surface area contributed by atoms with Crippen LogP contribution in [0.3, 0.4) is 0 Å². The maximum Gasteiger partial charge on any atom is -0.00989 e. The molecule has 0 N–H and O–H groups in total. The van der Waals surface area contributed by atoms with Gasteiger partial charge in [0.2, 0.25) is 0 Å². The third kappa shape index (κ3) is 2.89. The SMILES string of the molecule is CC(C)(C)c1ccc2c(ccc3cc4c(ccc5ccccc54)cc32)c1C(C)(C)C. The van der Waals surface area contributed by atoms with Crippen LogP contribution in [0.25, 0.3) is 43.1 Å². The summed E-state index contributed by atoms with van der Waals surface area (Å²) in [5.41, 5.74) is 3.14. The van der Waals surface area contributed by atoms with Crippen molar-refractivity contribution in [2.24, 2.45) is 0 Å². The highest BCUT2D eigenvalue weighted by Crippen LogP contribution is 2.41. The van der Waals surface area contributed by atoms with Crippen LogP contribution in [0.1, 0.15) is 52.7 Å². The minimum atomic E-state index is 0.0862. The second-order valence-corrected chi connectivity index (χ2v) is 10.7. The lowest BCUT2D eigenvalue weighted by Gasteiger charge is -2.32. The van der Waals surface area contributed by atoms with Crippen molar-refractivity contribution in [1.82, 2.24) is 0 Å².